The Balaban J connectivity index is 1.41. The van der Waals surface area contributed by atoms with Crippen LogP contribution in [0.5, 0.6) is 5.75 Å². The number of hydrogen-bond acceptors (Lipinski definition) is 4. The summed E-state index contributed by atoms with van der Waals surface area (Å²) in [5.74, 6) is -0.110. The molecule has 0 aliphatic carbocycles. The lowest BCUT2D eigenvalue weighted by molar-refractivity contribution is -0.121. The fourth-order valence-corrected chi connectivity index (χ4v) is 3.51. The van der Waals surface area contributed by atoms with Crippen molar-refractivity contribution in [1.29, 1.82) is 0 Å². The maximum atomic E-state index is 12.7. The van der Waals surface area contributed by atoms with Crippen LogP contribution in [0.3, 0.4) is 0 Å². The van der Waals surface area contributed by atoms with E-state index in [1.165, 1.54) is 0 Å². The Morgan fingerprint density at radius 3 is 2.19 bits per heavy atom. The van der Waals surface area contributed by atoms with Crippen molar-refractivity contribution in [1.82, 2.24) is 5.32 Å². The minimum absolute atomic E-state index is 0.0372. The van der Waals surface area contributed by atoms with Crippen molar-refractivity contribution in [3.05, 3.63) is 95.6 Å². The van der Waals surface area contributed by atoms with E-state index in [0.717, 1.165) is 11.1 Å². The fraction of sp³-hybridized carbons (Fsp3) is 0.160. The Morgan fingerprint density at radius 1 is 0.903 bits per heavy atom. The van der Waals surface area contributed by atoms with Gasteiger partial charge in [0.05, 0.1) is 11.7 Å². The predicted octanol–water partition coefficient (Wildman–Crippen LogP) is 3.89. The molecule has 4 rings (SSSR count). The molecule has 0 saturated carbocycles. The molecule has 0 bridgehead atoms. The topological polar surface area (TPSA) is 84.5 Å². The van der Waals surface area contributed by atoms with Gasteiger partial charge in [0.1, 0.15) is 5.75 Å². The Hall–Kier alpha value is -3.93. The quantitative estimate of drug-likeness (QED) is 0.575. The molecule has 1 aliphatic rings. The Morgan fingerprint density at radius 2 is 1.55 bits per heavy atom. The maximum Gasteiger partial charge on any atom is 0.262 e. The van der Waals surface area contributed by atoms with E-state index in [4.69, 9.17) is 4.74 Å². The van der Waals surface area contributed by atoms with E-state index in [2.05, 4.69) is 10.6 Å². The van der Waals surface area contributed by atoms with Crippen LogP contribution in [0, 0.1) is 0 Å². The number of carbonyl (C=O) groups is 3. The Bertz CT molecular complexity index is 1060. The number of carbonyl (C=O) groups excluding carboxylic acids is 3. The van der Waals surface area contributed by atoms with E-state index >= 15 is 0 Å². The first-order valence-corrected chi connectivity index (χ1v) is 10.1. The van der Waals surface area contributed by atoms with Crippen molar-refractivity contribution in [2.45, 2.75) is 18.9 Å². The lowest BCUT2D eigenvalue weighted by Gasteiger charge is -2.20. The van der Waals surface area contributed by atoms with Crippen LogP contribution in [-0.4, -0.2) is 24.2 Å². The zero-order valence-corrected chi connectivity index (χ0v) is 16.8. The number of nitrogens with one attached hydrogen (secondary N) is 2. The molecule has 6 nitrogen and oxygen atoms in total. The highest BCUT2D eigenvalue weighted by molar-refractivity contribution is 6.01. The predicted molar refractivity (Wildman–Crippen MR) is 117 cm³/mol. The molecule has 0 atom stereocenters. The summed E-state index contributed by atoms with van der Waals surface area (Å²) < 4.78 is 5.31. The Labute approximate surface area is 180 Å². The van der Waals surface area contributed by atoms with Crippen LogP contribution in [0.25, 0.3) is 0 Å². The number of fused-ring (bicyclic) bond motifs is 1. The smallest absolute Gasteiger partial charge is 0.262 e. The number of rotatable bonds is 7. The van der Waals surface area contributed by atoms with Gasteiger partial charge in [-0.3, -0.25) is 14.4 Å². The van der Waals surface area contributed by atoms with Crippen LogP contribution in [0.15, 0.2) is 78.9 Å². The molecule has 0 spiro atoms. The monoisotopic (exact) mass is 414 g/mol. The molecule has 0 unspecified atom stereocenters. The van der Waals surface area contributed by atoms with E-state index in [1.807, 2.05) is 60.7 Å². The van der Waals surface area contributed by atoms with Crippen LogP contribution < -0.4 is 15.4 Å². The third-order valence-electron chi connectivity index (χ3n) is 5.08. The highest BCUT2D eigenvalue weighted by atomic mass is 16.5. The molecule has 2 amide bonds. The van der Waals surface area contributed by atoms with Crippen LogP contribution in [0.1, 0.15) is 40.4 Å². The number of anilines is 1. The van der Waals surface area contributed by atoms with Gasteiger partial charge in [0.25, 0.3) is 5.91 Å². The summed E-state index contributed by atoms with van der Waals surface area (Å²) in [6, 6.07) is 24.0. The number of Topliss-reactive ketones (excluding diaryl/α,β-unsaturated/α-hetero) is 1. The largest absolute Gasteiger partial charge is 0.482 e. The standard InChI is InChI=1S/C25H22N2O4/c28-21(19-11-13-22-20(15-19)26-24(30)16-31-22)12-14-23(29)27-25(17-7-3-1-4-8-17)18-9-5-2-6-10-18/h1-11,13,15,25H,12,14,16H2,(H,26,30)(H,27,29). The van der Waals surface area contributed by atoms with Crippen LogP contribution in [0.4, 0.5) is 5.69 Å². The number of hydrogen-bond donors (Lipinski definition) is 2. The van der Waals surface area contributed by atoms with Gasteiger partial charge in [0.2, 0.25) is 5.91 Å². The normalized spacial score (nSPS) is 12.5. The minimum atomic E-state index is -0.291. The molecular formula is C25H22N2O4. The molecule has 0 aromatic heterocycles. The van der Waals surface area contributed by atoms with Gasteiger partial charge in [-0.15, -0.1) is 0 Å². The highest BCUT2D eigenvalue weighted by Crippen LogP contribution is 2.29. The lowest BCUT2D eigenvalue weighted by Crippen LogP contribution is -2.29. The second kappa shape index (κ2) is 9.26. The van der Waals surface area contributed by atoms with Crippen molar-refractivity contribution < 1.29 is 19.1 Å². The van der Waals surface area contributed by atoms with Crippen molar-refractivity contribution in [2.75, 3.05) is 11.9 Å². The Kier molecular flexibility index (Phi) is 6.08. The summed E-state index contributed by atoms with van der Waals surface area (Å²) in [5, 5.41) is 5.73. The van der Waals surface area contributed by atoms with Crippen molar-refractivity contribution in [2.24, 2.45) is 0 Å². The molecule has 1 heterocycles. The number of ketones is 1. The van der Waals surface area contributed by atoms with Gasteiger partial charge in [-0.2, -0.15) is 0 Å². The highest BCUT2D eigenvalue weighted by Gasteiger charge is 2.20. The average molecular weight is 414 g/mol. The van der Waals surface area contributed by atoms with Gasteiger partial charge >= 0.3 is 0 Å². The molecule has 0 fully saturated rings. The van der Waals surface area contributed by atoms with Gasteiger partial charge < -0.3 is 15.4 Å². The van der Waals surface area contributed by atoms with Crippen LogP contribution in [-0.2, 0) is 9.59 Å². The third kappa shape index (κ3) is 4.98. The molecule has 3 aromatic carbocycles. The minimum Gasteiger partial charge on any atom is -0.482 e. The molecular weight excluding hydrogens is 392 g/mol. The molecule has 3 aromatic rings. The number of amides is 2. The summed E-state index contributed by atoms with van der Waals surface area (Å²) >= 11 is 0. The van der Waals surface area contributed by atoms with E-state index < -0.39 is 0 Å². The van der Waals surface area contributed by atoms with E-state index in [1.54, 1.807) is 18.2 Å². The zero-order valence-electron chi connectivity index (χ0n) is 16.8. The number of ether oxygens (including phenoxy) is 1. The summed E-state index contributed by atoms with van der Waals surface area (Å²) in [7, 11) is 0. The first kappa shape index (κ1) is 20.3. The van der Waals surface area contributed by atoms with Gasteiger partial charge in [0.15, 0.2) is 12.4 Å². The van der Waals surface area contributed by atoms with Crippen molar-refractivity contribution >= 4 is 23.3 Å². The second-order valence-electron chi connectivity index (χ2n) is 7.29. The van der Waals surface area contributed by atoms with Crippen molar-refractivity contribution in [3.63, 3.8) is 0 Å². The molecule has 2 N–H and O–H groups in total. The molecule has 31 heavy (non-hydrogen) atoms. The fourth-order valence-electron chi connectivity index (χ4n) is 3.51. The molecule has 1 aliphatic heterocycles. The number of benzene rings is 3. The van der Waals surface area contributed by atoms with Gasteiger partial charge in [-0.25, -0.2) is 0 Å². The molecule has 6 heteroatoms. The lowest BCUT2D eigenvalue weighted by atomic mass is 9.98. The third-order valence-corrected chi connectivity index (χ3v) is 5.08. The van der Waals surface area contributed by atoms with Gasteiger partial charge in [0, 0.05) is 18.4 Å². The summed E-state index contributed by atoms with van der Waals surface area (Å²) in [5.41, 5.74) is 2.84. The molecule has 0 saturated heterocycles. The van der Waals surface area contributed by atoms with Gasteiger partial charge in [-0.05, 0) is 29.3 Å². The van der Waals surface area contributed by atoms with E-state index in [9.17, 15) is 14.4 Å². The van der Waals surface area contributed by atoms with Crippen LogP contribution >= 0.6 is 0 Å². The van der Waals surface area contributed by atoms with Crippen molar-refractivity contribution in [3.8, 4) is 5.75 Å². The zero-order chi connectivity index (χ0) is 21.6. The first-order chi connectivity index (χ1) is 15.1. The van der Waals surface area contributed by atoms with Gasteiger partial charge in [-0.1, -0.05) is 60.7 Å². The van der Waals surface area contributed by atoms with Crippen LogP contribution in [0.2, 0.25) is 0 Å². The van der Waals surface area contributed by atoms with E-state index in [0.29, 0.717) is 17.0 Å². The maximum absolute atomic E-state index is 12.7. The molecule has 156 valence electrons. The SMILES string of the molecule is O=C1COc2ccc(C(=O)CCC(=O)NC(c3ccccc3)c3ccccc3)cc2N1. The molecule has 0 radical (unpaired) electrons. The first-order valence-electron chi connectivity index (χ1n) is 10.1. The summed E-state index contributed by atoms with van der Waals surface area (Å²) in [6.45, 7) is -0.0372. The summed E-state index contributed by atoms with van der Waals surface area (Å²) in [6.07, 6.45) is 0.130. The summed E-state index contributed by atoms with van der Waals surface area (Å²) in [4.78, 5) is 36.8. The average Bonchev–Trinajstić information content (AvgIpc) is 2.81. The van der Waals surface area contributed by atoms with E-state index in [-0.39, 0.29) is 43.1 Å². The second-order valence-corrected chi connectivity index (χ2v) is 7.29.